The molecule has 1 aliphatic heterocycles. The number of urea groups is 1. The first-order valence-electron chi connectivity index (χ1n) is 7.73. The van der Waals surface area contributed by atoms with Gasteiger partial charge in [-0.05, 0) is 37.0 Å². The number of nitrogens with zero attached hydrogens (tertiary/aromatic N) is 2. The lowest BCUT2D eigenvalue weighted by molar-refractivity contribution is 0.140. The van der Waals surface area contributed by atoms with E-state index in [1.807, 2.05) is 17.0 Å². The van der Waals surface area contributed by atoms with Crippen molar-refractivity contribution in [3.05, 3.63) is 35.6 Å². The van der Waals surface area contributed by atoms with Gasteiger partial charge in [-0.15, -0.1) is 0 Å². The number of halogens is 1. The molecule has 1 saturated carbocycles. The second-order valence-corrected chi connectivity index (χ2v) is 5.93. The molecular weight excluding hydrogens is 269 g/mol. The average molecular weight is 291 g/mol. The van der Waals surface area contributed by atoms with E-state index in [2.05, 4.69) is 10.2 Å². The summed E-state index contributed by atoms with van der Waals surface area (Å²) >= 11 is 0. The number of hydrogen-bond acceptors (Lipinski definition) is 2. The van der Waals surface area contributed by atoms with Crippen molar-refractivity contribution in [2.24, 2.45) is 0 Å². The average Bonchev–Trinajstić information content (AvgIpc) is 3.31. The molecule has 1 heterocycles. The summed E-state index contributed by atoms with van der Waals surface area (Å²) in [6.45, 7) is 4.38. The van der Waals surface area contributed by atoms with Crippen LogP contribution in [0.15, 0.2) is 24.3 Å². The first-order chi connectivity index (χ1) is 10.2. The predicted octanol–water partition coefficient (Wildman–Crippen LogP) is 1.86. The Kier molecular flexibility index (Phi) is 4.39. The Morgan fingerprint density at radius 1 is 1.14 bits per heavy atom. The van der Waals surface area contributed by atoms with E-state index in [1.165, 1.54) is 12.1 Å². The summed E-state index contributed by atoms with van der Waals surface area (Å²) in [6, 6.07) is 7.22. The number of carbonyl (C=O) groups is 1. The van der Waals surface area contributed by atoms with Crippen LogP contribution in [0.4, 0.5) is 9.18 Å². The van der Waals surface area contributed by atoms with Crippen LogP contribution in [-0.4, -0.2) is 54.6 Å². The maximum atomic E-state index is 12.8. The summed E-state index contributed by atoms with van der Waals surface area (Å²) in [5.74, 6) is -0.186. The number of carbonyl (C=O) groups excluding carboxylic acids is 1. The molecule has 0 spiro atoms. The molecule has 1 aliphatic carbocycles. The molecule has 0 aromatic heterocycles. The maximum Gasteiger partial charge on any atom is 0.317 e. The van der Waals surface area contributed by atoms with E-state index in [0.29, 0.717) is 6.04 Å². The Morgan fingerprint density at radius 3 is 2.43 bits per heavy atom. The summed E-state index contributed by atoms with van der Waals surface area (Å²) < 4.78 is 12.8. The Balaban J connectivity index is 1.39. The lowest BCUT2D eigenvalue weighted by atomic mass is 10.1. The zero-order chi connectivity index (χ0) is 14.7. The van der Waals surface area contributed by atoms with Crippen LogP contribution in [0.2, 0.25) is 0 Å². The van der Waals surface area contributed by atoms with Crippen LogP contribution >= 0.6 is 0 Å². The van der Waals surface area contributed by atoms with Gasteiger partial charge in [0.05, 0.1) is 0 Å². The zero-order valence-electron chi connectivity index (χ0n) is 12.2. The Hall–Kier alpha value is -1.62. The van der Waals surface area contributed by atoms with Gasteiger partial charge in [-0.25, -0.2) is 9.18 Å². The zero-order valence-corrected chi connectivity index (χ0v) is 12.2. The van der Waals surface area contributed by atoms with Crippen LogP contribution in [0.1, 0.15) is 18.4 Å². The minimum atomic E-state index is -0.186. The Labute approximate surface area is 124 Å². The lowest BCUT2D eigenvalue weighted by Crippen LogP contribution is -2.52. The third-order valence-corrected chi connectivity index (χ3v) is 4.19. The highest BCUT2D eigenvalue weighted by molar-refractivity contribution is 5.75. The fourth-order valence-corrected chi connectivity index (χ4v) is 2.61. The normalized spacial score (nSPS) is 19.6. The van der Waals surface area contributed by atoms with Gasteiger partial charge in [-0.2, -0.15) is 0 Å². The van der Waals surface area contributed by atoms with Gasteiger partial charge in [0.25, 0.3) is 0 Å². The largest absolute Gasteiger partial charge is 0.335 e. The van der Waals surface area contributed by atoms with Crippen molar-refractivity contribution in [3.63, 3.8) is 0 Å². The number of amides is 2. The van der Waals surface area contributed by atoms with E-state index < -0.39 is 0 Å². The summed E-state index contributed by atoms with van der Waals surface area (Å²) in [5.41, 5.74) is 1.16. The maximum absolute atomic E-state index is 12.8. The standard InChI is InChI=1S/C16H22FN3O/c17-14-3-1-13(2-4-14)7-8-19-9-11-20(12-10-19)16(21)18-15-5-6-15/h1-4,15H,5-12H2,(H,18,21). The molecule has 21 heavy (non-hydrogen) atoms. The SMILES string of the molecule is O=C(NC1CC1)N1CCN(CCc2ccc(F)cc2)CC1. The van der Waals surface area contributed by atoms with Crippen molar-refractivity contribution in [1.82, 2.24) is 15.1 Å². The molecule has 0 radical (unpaired) electrons. The molecule has 5 heteroatoms. The van der Waals surface area contributed by atoms with Crippen LogP contribution < -0.4 is 5.32 Å². The number of rotatable bonds is 4. The topological polar surface area (TPSA) is 35.6 Å². The van der Waals surface area contributed by atoms with Crippen molar-refractivity contribution in [3.8, 4) is 0 Å². The number of benzene rings is 1. The summed E-state index contributed by atoms with van der Waals surface area (Å²) in [7, 11) is 0. The van der Waals surface area contributed by atoms with Crippen molar-refractivity contribution in [2.45, 2.75) is 25.3 Å². The van der Waals surface area contributed by atoms with Gasteiger partial charge < -0.3 is 10.2 Å². The Bertz CT molecular complexity index is 479. The van der Waals surface area contributed by atoms with Gasteiger partial charge in [-0.3, -0.25) is 4.90 Å². The third-order valence-electron chi connectivity index (χ3n) is 4.19. The van der Waals surface area contributed by atoms with E-state index >= 15 is 0 Å². The van der Waals surface area contributed by atoms with Gasteiger partial charge in [-0.1, -0.05) is 12.1 Å². The highest BCUT2D eigenvalue weighted by atomic mass is 19.1. The second-order valence-electron chi connectivity index (χ2n) is 5.93. The molecule has 3 rings (SSSR count). The van der Waals surface area contributed by atoms with Crippen molar-refractivity contribution in [2.75, 3.05) is 32.7 Å². The third kappa shape index (κ3) is 4.17. The minimum Gasteiger partial charge on any atom is -0.335 e. The summed E-state index contributed by atoms with van der Waals surface area (Å²) in [5, 5.41) is 3.03. The second kappa shape index (κ2) is 6.43. The summed E-state index contributed by atoms with van der Waals surface area (Å²) in [4.78, 5) is 16.2. The van der Waals surface area contributed by atoms with E-state index in [-0.39, 0.29) is 11.8 Å². The van der Waals surface area contributed by atoms with Gasteiger partial charge in [0.2, 0.25) is 0 Å². The van der Waals surface area contributed by atoms with Crippen molar-refractivity contribution < 1.29 is 9.18 Å². The van der Waals surface area contributed by atoms with Gasteiger partial charge in [0, 0.05) is 38.8 Å². The molecule has 1 aromatic rings. The molecular formula is C16H22FN3O. The van der Waals surface area contributed by atoms with Crippen LogP contribution in [0, 0.1) is 5.82 Å². The lowest BCUT2D eigenvalue weighted by Gasteiger charge is -2.34. The van der Waals surface area contributed by atoms with Gasteiger partial charge in [0.15, 0.2) is 0 Å². The molecule has 1 aromatic carbocycles. The molecule has 2 aliphatic rings. The van der Waals surface area contributed by atoms with E-state index in [0.717, 1.165) is 57.5 Å². The first-order valence-corrected chi connectivity index (χ1v) is 7.73. The predicted molar refractivity (Wildman–Crippen MR) is 79.7 cm³/mol. The molecule has 114 valence electrons. The molecule has 2 fully saturated rings. The van der Waals surface area contributed by atoms with Crippen molar-refractivity contribution >= 4 is 6.03 Å². The van der Waals surface area contributed by atoms with Crippen molar-refractivity contribution in [1.29, 1.82) is 0 Å². The Morgan fingerprint density at radius 2 is 1.81 bits per heavy atom. The molecule has 0 unspecified atom stereocenters. The number of hydrogen-bond donors (Lipinski definition) is 1. The van der Waals surface area contributed by atoms with Crippen LogP contribution in [0.5, 0.6) is 0 Å². The fraction of sp³-hybridized carbons (Fsp3) is 0.562. The minimum absolute atomic E-state index is 0.0932. The molecule has 2 amide bonds. The number of nitrogens with one attached hydrogen (secondary N) is 1. The van der Waals surface area contributed by atoms with E-state index in [9.17, 15) is 9.18 Å². The van der Waals surface area contributed by atoms with E-state index in [4.69, 9.17) is 0 Å². The highest BCUT2D eigenvalue weighted by Crippen LogP contribution is 2.19. The quantitative estimate of drug-likeness (QED) is 0.919. The van der Waals surface area contributed by atoms with Gasteiger partial charge in [0.1, 0.15) is 5.82 Å². The number of piperazine rings is 1. The monoisotopic (exact) mass is 291 g/mol. The van der Waals surface area contributed by atoms with E-state index in [1.54, 1.807) is 0 Å². The molecule has 4 nitrogen and oxygen atoms in total. The van der Waals surface area contributed by atoms with Crippen LogP contribution in [0.3, 0.4) is 0 Å². The molecule has 1 N–H and O–H groups in total. The first kappa shape index (κ1) is 14.3. The smallest absolute Gasteiger partial charge is 0.317 e. The molecule has 1 saturated heterocycles. The van der Waals surface area contributed by atoms with Crippen LogP contribution in [0.25, 0.3) is 0 Å². The fourth-order valence-electron chi connectivity index (χ4n) is 2.61. The molecule has 0 bridgehead atoms. The highest BCUT2D eigenvalue weighted by Gasteiger charge is 2.27. The summed E-state index contributed by atoms with van der Waals surface area (Å²) in [6.07, 6.45) is 3.18. The van der Waals surface area contributed by atoms with Crippen LogP contribution in [-0.2, 0) is 6.42 Å². The van der Waals surface area contributed by atoms with Gasteiger partial charge >= 0.3 is 6.03 Å². The molecule has 0 atom stereocenters.